The molecule has 0 bridgehead atoms. The molecule has 1 aliphatic heterocycles. The lowest BCUT2D eigenvalue weighted by Gasteiger charge is -2.14. The zero-order valence-corrected chi connectivity index (χ0v) is 11.8. The largest absolute Gasteiger partial charge is 0.454 e. The second-order valence-electron chi connectivity index (χ2n) is 4.32. The van der Waals surface area contributed by atoms with E-state index in [2.05, 4.69) is 5.32 Å². The van der Waals surface area contributed by atoms with E-state index in [9.17, 15) is 4.79 Å². The van der Waals surface area contributed by atoms with Crippen molar-refractivity contribution in [3.05, 3.63) is 22.7 Å². The van der Waals surface area contributed by atoms with Crippen LogP contribution < -0.4 is 14.8 Å². The van der Waals surface area contributed by atoms with Crippen LogP contribution in [0.2, 0.25) is 5.02 Å². The molecule has 0 aromatic heterocycles. The van der Waals surface area contributed by atoms with Gasteiger partial charge in [0.1, 0.15) is 0 Å². The Bertz CT molecular complexity index is 479. The number of benzene rings is 1. The summed E-state index contributed by atoms with van der Waals surface area (Å²) in [6.45, 7) is 3.70. The molecule has 1 amide bonds. The van der Waals surface area contributed by atoms with Gasteiger partial charge in [-0.2, -0.15) is 0 Å². The molecule has 0 unspecified atom stereocenters. The highest BCUT2D eigenvalue weighted by Gasteiger charge is 2.18. The van der Waals surface area contributed by atoms with E-state index in [0.29, 0.717) is 36.2 Å². The smallest absolute Gasteiger partial charge is 0.236 e. The molecule has 0 saturated carbocycles. The van der Waals surface area contributed by atoms with E-state index in [4.69, 9.17) is 21.1 Å². The van der Waals surface area contributed by atoms with Gasteiger partial charge in [-0.25, -0.2) is 0 Å². The van der Waals surface area contributed by atoms with Gasteiger partial charge in [0.05, 0.1) is 11.6 Å². The maximum atomic E-state index is 11.6. The molecule has 1 aliphatic rings. The van der Waals surface area contributed by atoms with Crippen molar-refractivity contribution in [1.82, 2.24) is 10.2 Å². The molecule has 1 aromatic rings. The maximum absolute atomic E-state index is 11.6. The number of carbonyl (C=O) groups excluding carboxylic acids is 1. The molecule has 0 saturated heterocycles. The number of hydrogen-bond acceptors (Lipinski definition) is 4. The van der Waals surface area contributed by atoms with Crippen molar-refractivity contribution in [1.29, 1.82) is 0 Å². The highest BCUT2D eigenvalue weighted by molar-refractivity contribution is 6.32. The van der Waals surface area contributed by atoms with E-state index in [0.717, 1.165) is 5.56 Å². The quantitative estimate of drug-likeness (QED) is 0.893. The van der Waals surface area contributed by atoms with Crippen molar-refractivity contribution < 1.29 is 14.3 Å². The van der Waals surface area contributed by atoms with Crippen molar-refractivity contribution >= 4 is 17.5 Å². The van der Waals surface area contributed by atoms with Crippen LogP contribution in [0.15, 0.2) is 12.1 Å². The van der Waals surface area contributed by atoms with Gasteiger partial charge in [0.15, 0.2) is 11.5 Å². The van der Waals surface area contributed by atoms with E-state index in [1.165, 1.54) is 0 Å². The number of hydrogen-bond donors (Lipinski definition) is 1. The number of nitrogens with zero attached hydrogens (tertiary/aromatic N) is 1. The second kappa shape index (κ2) is 6.12. The summed E-state index contributed by atoms with van der Waals surface area (Å²) in [6, 6.07) is 3.69. The van der Waals surface area contributed by atoms with E-state index in [1.54, 1.807) is 11.9 Å². The fourth-order valence-electron chi connectivity index (χ4n) is 1.75. The minimum absolute atomic E-state index is 0.0642. The predicted octanol–water partition coefficient (Wildman–Crippen LogP) is 1.64. The zero-order valence-electron chi connectivity index (χ0n) is 11.0. The lowest BCUT2D eigenvalue weighted by Crippen LogP contribution is -2.35. The second-order valence-corrected chi connectivity index (χ2v) is 4.73. The number of carbonyl (C=O) groups is 1. The Hall–Kier alpha value is -1.46. The third-order valence-electron chi connectivity index (χ3n) is 2.99. The number of rotatable bonds is 5. The first-order chi connectivity index (χ1) is 9.11. The molecule has 104 valence electrons. The Morgan fingerprint density at radius 2 is 2.26 bits per heavy atom. The lowest BCUT2D eigenvalue weighted by atomic mass is 10.2. The molecular weight excluding hydrogens is 268 g/mol. The van der Waals surface area contributed by atoms with E-state index < -0.39 is 0 Å². The Balaban J connectivity index is 1.90. The molecule has 5 nitrogen and oxygen atoms in total. The molecule has 0 atom stereocenters. The van der Waals surface area contributed by atoms with Gasteiger partial charge in [-0.15, -0.1) is 0 Å². The van der Waals surface area contributed by atoms with Crippen LogP contribution in [0.1, 0.15) is 12.5 Å². The minimum atomic E-state index is 0.0642. The fraction of sp³-hybridized carbons (Fsp3) is 0.462. The van der Waals surface area contributed by atoms with Gasteiger partial charge >= 0.3 is 0 Å². The summed E-state index contributed by atoms with van der Waals surface area (Å²) in [5, 5.41) is 3.62. The average Bonchev–Trinajstić information content (AvgIpc) is 2.86. The van der Waals surface area contributed by atoms with Crippen molar-refractivity contribution in [3.63, 3.8) is 0 Å². The van der Waals surface area contributed by atoms with Crippen LogP contribution in [0.25, 0.3) is 0 Å². The van der Waals surface area contributed by atoms with Crippen molar-refractivity contribution in [2.24, 2.45) is 0 Å². The van der Waals surface area contributed by atoms with Crippen molar-refractivity contribution in [2.45, 2.75) is 13.5 Å². The van der Waals surface area contributed by atoms with Gasteiger partial charge in [0.25, 0.3) is 0 Å². The standard InChI is InChI=1S/C13H17ClN2O3/c1-3-16(2)12(17)7-15-6-9-4-10(14)13-11(5-9)18-8-19-13/h4-5,15H,3,6-8H2,1-2H3. The number of amides is 1. The Labute approximate surface area is 117 Å². The molecular formula is C13H17ClN2O3. The van der Waals surface area contributed by atoms with E-state index in [-0.39, 0.29) is 12.7 Å². The first kappa shape index (κ1) is 14.0. The van der Waals surface area contributed by atoms with Crippen molar-refractivity contribution in [2.75, 3.05) is 26.9 Å². The highest BCUT2D eigenvalue weighted by Crippen LogP contribution is 2.39. The number of fused-ring (bicyclic) bond motifs is 1. The Morgan fingerprint density at radius 3 is 3.00 bits per heavy atom. The normalized spacial score (nSPS) is 12.6. The summed E-state index contributed by atoms with van der Waals surface area (Å²) in [6.07, 6.45) is 0. The van der Waals surface area contributed by atoms with Crippen molar-refractivity contribution in [3.8, 4) is 11.5 Å². The van der Waals surface area contributed by atoms with Crippen LogP contribution >= 0.6 is 11.6 Å². The average molecular weight is 285 g/mol. The molecule has 0 spiro atoms. The van der Waals surface area contributed by atoms with Crippen LogP contribution in [0, 0.1) is 0 Å². The summed E-state index contributed by atoms with van der Waals surface area (Å²) < 4.78 is 10.5. The van der Waals surface area contributed by atoms with Gasteiger partial charge in [-0.1, -0.05) is 11.6 Å². The molecule has 6 heteroatoms. The molecule has 2 rings (SSSR count). The first-order valence-corrected chi connectivity index (χ1v) is 6.52. The Kier molecular flexibility index (Phi) is 4.50. The zero-order chi connectivity index (χ0) is 13.8. The summed E-state index contributed by atoms with van der Waals surface area (Å²) in [7, 11) is 1.78. The maximum Gasteiger partial charge on any atom is 0.236 e. The predicted molar refractivity (Wildman–Crippen MR) is 72.6 cm³/mol. The number of nitrogens with one attached hydrogen (secondary N) is 1. The SMILES string of the molecule is CCN(C)C(=O)CNCc1cc(Cl)c2c(c1)OCO2. The highest BCUT2D eigenvalue weighted by atomic mass is 35.5. The minimum Gasteiger partial charge on any atom is -0.454 e. The first-order valence-electron chi connectivity index (χ1n) is 6.14. The Morgan fingerprint density at radius 1 is 1.47 bits per heavy atom. The fourth-order valence-corrected chi connectivity index (χ4v) is 2.04. The molecule has 1 heterocycles. The third-order valence-corrected chi connectivity index (χ3v) is 3.27. The molecule has 1 N–H and O–H groups in total. The van der Waals surface area contributed by atoms with E-state index >= 15 is 0 Å². The van der Waals surface area contributed by atoms with Gasteiger partial charge < -0.3 is 19.7 Å². The molecule has 19 heavy (non-hydrogen) atoms. The van der Waals surface area contributed by atoms with Crippen LogP contribution in [-0.4, -0.2) is 37.7 Å². The molecule has 0 fully saturated rings. The van der Waals surface area contributed by atoms with E-state index in [1.807, 2.05) is 19.1 Å². The summed E-state index contributed by atoms with van der Waals surface area (Å²) in [4.78, 5) is 13.3. The number of halogens is 1. The van der Waals surface area contributed by atoms with Crippen LogP contribution in [0.3, 0.4) is 0 Å². The van der Waals surface area contributed by atoms with Gasteiger partial charge in [0.2, 0.25) is 12.7 Å². The summed E-state index contributed by atoms with van der Waals surface area (Å²) in [5.74, 6) is 1.31. The monoisotopic (exact) mass is 284 g/mol. The molecule has 1 aromatic carbocycles. The van der Waals surface area contributed by atoms with Crippen LogP contribution in [-0.2, 0) is 11.3 Å². The number of ether oxygens (including phenoxy) is 2. The lowest BCUT2D eigenvalue weighted by molar-refractivity contribution is -0.128. The van der Waals surface area contributed by atoms with Gasteiger partial charge in [0, 0.05) is 20.1 Å². The third kappa shape index (κ3) is 3.30. The molecule has 0 aliphatic carbocycles. The van der Waals surface area contributed by atoms with Crippen LogP contribution in [0.4, 0.5) is 0 Å². The summed E-state index contributed by atoms with van der Waals surface area (Å²) >= 11 is 6.08. The van der Waals surface area contributed by atoms with Gasteiger partial charge in [-0.05, 0) is 24.6 Å². The van der Waals surface area contributed by atoms with Gasteiger partial charge in [-0.3, -0.25) is 4.79 Å². The number of likely N-dealkylation sites (N-methyl/N-ethyl adjacent to an activating group) is 1. The topological polar surface area (TPSA) is 50.8 Å². The van der Waals surface area contributed by atoms with Crippen LogP contribution in [0.5, 0.6) is 11.5 Å². The molecule has 0 radical (unpaired) electrons. The summed E-state index contributed by atoms with van der Waals surface area (Å²) in [5.41, 5.74) is 0.959.